The van der Waals surface area contributed by atoms with Crippen LogP contribution in [0.1, 0.15) is 0 Å². The topological polar surface area (TPSA) is 101 Å². The molecule has 0 aromatic heterocycles. The van der Waals surface area contributed by atoms with E-state index in [-0.39, 0.29) is 13.2 Å². The highest BCUT2D eigenvalue weighted by molar-refractivity contribution is 7.86. The summed E-state index contributed by atoms with van der Waals surface area (Å²) in [5.74, 6) is 0. The van der Waals surface area contributed by atoms with Crippen LogP contribution in [0.4, 0.5) is 0 Å². The highest BCUT2D eigenvalue weighted by Gasteiger charge is 2.31. The van der Waals surface area contributed by atoms with Crippen LogP contribution in [0.15, 0.2) is 5.11 Å². The van der Waals surface area contributed by atoms with Crippen molar-refractivity contribution in [2.45, 2.75) is 12.1 Å². The summed E-state index contributed by atoms with van der Waals surface area (Å²) in [6, 6.07) is -0.556. The molecule has 8 heteroatoms. The van der Waals surface area contributed by atoms with E-state index in [4.69, 9.17) is 10.3 Å². The smallest absolute Gasteiger partial charge is 0.264 e. The summed E-state index contributed by atoms with van der Waals surface area (Å²) >= 11 is 0. The van der Waals surface area contributed by atoms with Crippen LogP contribution in [-0.4, -0.2) is 40.0 Å². The van der Waals surface area contributed by atoms with Gasteiger partial charge in [0, 0.05) is 4.91 Å². The lowest BCUT2D eigenvalue weighted by Gasteiger charge is -2.10. The number of hydrogen-bond acceptors (Lipinski definition) is 5. The number of hydrogen-bond donors (Lipinski definition) is 0. The maximum Gasteiger partial charge on any atom is 0.264 e. The Morgan fingerprint density at radius 2 is 2.31 bits per heavy atom. The van der Waals surface area contributed by atoms with Gasteiger partial charge in [0.05, 0.1) is 25.5 Å². The van der Waals surface area contributed by atoms with Crippen LogP contribution in [0.25, 0.3) is 10.4 Å². The zero-order valence-electron chi connectivity index (χ0n) is 6.95. The average molecular weight is 207 g/mol. The number of ether oxygens (including phenoxy) is 1. The van der Waals surface area contributed by atoms with Gasteiger partial charge < -0.3 is 4.74 Å². The minimum absolute atomic E-state index is 0.136. The van der Waals surface area contributed by atoms with Crippen LogP contribution in [0.3, 0.4) is 0 Å². The summed E-state index contributed by atoms with van der Waals surface area (Å²) in [6.45, 7) is 0.334. The van der Waals surface area contributed by atoms with E-state index in [9.17, 15) is 8.42 Å². The van der Waals surface area contributed by atoms with Gasteiger partial charge >= 0.3 is 0 Å². The molecule has 7 nitrogen and oxygen atoms in total. The monoisotopic (exact) mass is 207 g/mol. The summed E-state index contributed by atoms with van der Waals surface area (Å²) in [7, 11) is -3.52. The normalized spacial score (nSPS) is 28.4. The Bertz CT molecular complexity index is 321. The van der Waals surface area contributed by atoms with Gasteiger partial charge in [-0.15, -0.1) is 0 Å². The largest absolute Gasteiger partial charge is 0.378 e. The molecule has 74 valence electrons. The number of rotatable bonds is 3. The van der Waals surface area contributed by atoms with Crippen molar-refractivity contribution in [3.8, 4) is 0 Å². The van der Waals surface area contributed by atoms with E-state index in [0.29, 0.717) is 0 Å². The lowest BCUT2D eigenvalue weighted by atomic mass is 10.2. The third kappa shape index (κ3) is 3.19. The molecule has 0 aromatic carbocycles. The molecule has 1 rings (SSSR count). The van der Waals surface area contributed by atoms with Gasteiger partial charge in [-0.1, -0.05) is 5.11 Å². The molecule has 0 radical (unpaired) electrons. The Kier molecular flexibility index (Phi) is 3.10. The molecular formula is C5H9N3O4S. The van der Waals surface area contributed by atoms with Crippen LogP contribution >= 0.6 is 0 Å². The van der Waals surface area contributed by atoms with Gasteiger partial charge in [0.1, 0.15) is 6.10 Å². The van der Waals surface area contributed by atoms with Crippen molar-refractivity contribution in [1.29, 1.82) is 0 Å². The molecule has 13 heavy (non-hydrogen) atoms. The van der Waals surface area contributed by atoms with Gasteiger partial charge in [-0.3, -0.25) is 4.18 Å². The summed E-state index contributed by atoms with van der Waals surface area (Å²) in [4.78, 5) is 2.57. The first-order valence-electron chi connectivity index (χ1n) is 3.53. The van der Waals surface area contributed by atoms with E-state index >= 15 is 0 Å². The first-order chi connectivity index (χ1) is 6.03. The summed E-state index contributed by atoms with van der Waals surface area (Å²) in [5.41, 5.74) is 8.14. The molecule has 0 bridgehead atoms. The second kappa shape index (κ2) is 3.93. The molecule has 0 spiro atoms. The minimum atomic E-state index is -3.52. The molecular weight excluding hydrogens is 198 g/mol. The maximum atomic E-state index is 10.7. The maximum absolute atomic E-state index is 10.7. The quantitative estimate of drug-likeness (QED) is 0.282. The van der Waals surface area contributed by atoms with Gasteiger partial charge in [0.15, 0.2) is 0 Å². The summed E-state index contributed by atoms with van der Waals surface area (Å²) in [5, 5.41) is 3.36. The Hall–Kier alpha value is -0.820. The van der Waals surface area contributed by atoms with E-state index in [2.05, 4.69) is 14.2 Å². The van der Waals surface area contributed by atoms with Crippen molar-refractivity contribution in [2.75, 3.05) is 19.5 Å². The van der Waals surface area contributed by atoms with Crippen molar-refractivity contribution in [3.05, 3.63) is 10.4 Å². The van der Waals surface area contributed by atoms with Crippen molar-refractivity contribution in [1.82, 2.24) is 0 Å². The molecule has 0 amide bonds. The fraction of sp³-hybridized carbons (Fsp3) is 1.00. The molecule has 1 heterocycles. The van der Waals surface area contributed by atoms with E-state index in [0.717, 1.165) is 6.26 Å². The third-order valence-electron chi connectivity index (χ3n) is 1.50. The standard InChI is InChI=1S/C5H9N3O4S/c1-13(9,10)12-5-3-11-2-4(5)7-8-6/h4-5H,2-3H2,1H3/t4?,5-/m0/s1. The van der Waals surface area contributed by atoms with Crippen molar-refractivity contribution < 1.29 is 17.3 Å². The van der Waals surface area contributed by atoms with Gasteiger partial charge in [0.2, 0.25) is 0 Å². The van der Waals surface area contributed by atoms with E-state index < -0.39 is 22.3 Å². The highest BCUT2D eigenvalue weighted by Crippen LogP contribution is 2.15. The van der Waals surface area contributed by atoms with Gasteiger partial charge in [0.25, 0.3) is 10.1 Å². The van der Waals surface area contributed by atoms with Crippen LogP contribution in [-0.2, 0) is 19.0 Å². The third-order valence-corrected chi connectivity index (χ3v) is 2.10. The Morgan fingerprint density at radius 3 is 2.85 bits per heavy atom. The van der Waals surface area contributed by atoms with Crippen LogP contribution in [0, 0.1) is 0 Å². The minimum Gasteiger partial charge on any atom is -0.378 e. The molecule has 0 saturated carbocycles. The lowest BCUT2D eigenvalue weighted by molar-refractivity contribution is 0.145. The predicted molar refractivity (Wildman–Crippen MR) is 43.5 cm³/mol. The van der Waals surface area contributed by atoms with E-state index in [1.165, 1.54) is 0 Å². The SMILES string of the molecule is CS(=O)(=O)O[C@H]1COCC1N=[N+]=[N-]. The van der Waals surface area contributed by atoms with E-state index in [1.54, 1.807) is 0 Å². The zero-order chi connectivity index (χ0) is 9.90. The average Bonchev–Trinajstić information content (AvgIpc) is 2.34. The molecule has 1 aliphatic rings. The zero-order valence-corrected chi connectivity index (χ0v) is 7.77. The molecule has 0 aliphatic carbocycles. The van der Waals surface area contributed by atoms with Crippen molar-refractivity contribution in [2.24, 2.45) is 5.11 Å². The Morgan fingerprint density at radius 1 is 1.62 bits per heavy atom. The summed E-state index contributed by atoms with van der Waals surface area (Å²) < 4.78 is 31.0. The van der Waals surface area contributed by atoms with Crippen molar-refractivity contribution in [3.63, 3.8) is 0 Å². The fourth-order valence-corrected chi connectivity index (χ4v) is 1.65. The fourth-order valence-electron chi connectivity index (χ4n) is 1.01. The van der Waals surface area contributed by atoms with Gasteiger partial charge in [-0.25, -0.2) is 0 Å². The molecule has 1 fully saturated rings. The Labute approximate surface area is 75.4 Å². The van der Waals surface area contributed by atoms with Crippen LogP contribution in [0.2, 0.25) is 0 Å². The summed E-state index contributed by atoms with van der Waals surface area (Å²) in [6.07, 6.45) is 0.254. The Balaban J connectivity index is 2.64. The second-order valence-electron chi connectivity index (χ2n) is 2.65. The molecule has 2 atom stereocenters. The molecule has 1 unspecified atom stereocenters. The molecule has 0 aromatic rings. The predicted octanol–water partition coefficient (Wildman–Crippen LogP) is 0.0403. The number of nitrogens with zero attached hydrogens (tertiary/aromatic N) is 3. The molecule has 0 N–H and O–H groups in total. The first kappa shape index (κ1) is 10.3. The van der Waals surface area contributed by atoms with Crippen LogP contribution < -0.4 is 0 Å². The number of azide groups is 1. The van der Waals surface area contributed by atoms with Crippen LogP contribution in [0.5, 0.6) is 0 Å². The van der Waals surface area contributed by atoms with Gasteiger partial charge in [-0.05, 0) is 5.53 Å². The lowest BCUT2D eigenvalue weighted by Crippen LogP contribution is -2.27. The highest BCUT2D eigenvalue weighted by atomic mass is 32.2. The van der Waals surface area contributed by atoms with Gasteiger partial charge in [-0.2, -0.15) is 8.42 Å². The first-order valence-corrected chi connectivity index (χ1v) is 5.35. The van der Waals surface area contributed by atoms with E-state index in [1.807, 2.05) is 0 Å². The van der Waals surface area contributed by atoms with Crippen molar-refractivity contribution >= 4 is 10.1 Å². The second-order valence-corrected chi connectivity index (χ2v) is 4.25. The molecule has 1 saturated heterocycles. The molecule has 1 aliphatic heterocycles.